The molecule has 1 aromatic heterocycles. The van der Waals surface area contributed by atoms with Gasteiger partial charge in [0.2, 0.25) is 0 Å². The topological polar surface area (TPSA) is 51.2 Å². The van der Waals surface area contributed by atoms with E-state index in [2.05, 4.69) is 10.3 Å². The zero-order valence-electron chi connectivity index (χ0n) is 11.2. The molecular weight excluding hydrogens is 296 g/mol. The molecule has 1 atom stereocenters. The highest BCUT2D eigenvalue weighted by molar-refractivity contribution is 7.15. The first-order valence-corrected chi connectivity index (χ1v) is 7.43. The van der Waals surface area contributed by atoms with Gasteiger partial charge in [-0.05, 0) is 37.6 Å². The van der Waals surface area contributed by atoms with Gasteiger partial charge in [0.15, 0.2) is 11.2 Å². The second-order valence-electron chi connectivity index (χ2n) is 4.23. The van der Waals surface area contributed by atoms with Gasteiger partial charge in [-0.2, -0.15) is 0 Å². The molecule has 0 aliphatic carbocycles. The normalized spacial score (nSPS) is 11.9. The Morgan fingerprint density at radius 1 is 1.45 bits per heavy atom. The van der Waals surface area contributed by atoms with Gasteiger partial charge in [0, 0.05) is 16.1 Å². The molecule has 6 heteroatoms. The van der Waals surface area contributed by atoms with E-state index in [4.69, 9.17) is 16.3 Å². The van der Waals surface area contributed by atoms with Crippen molar-refractivity contribution < 1.29 is 9.53 Å². The van der Waals surface area contributed by atoms with Gasteiger partial charge in [0.25, 0.3) is 5.91 Å². The van der Waals surface area contributed by atoms with Crippen LogP contribution in [0.15, 0.2) is 30.5 Å². The molecule has 20 heavy (non-hydrogen) atoms. The third-order valence-corrected chi connectivity index (χ3v) is 3.69. The molecule has 0 saturated carbocycles. The molecule has 106 valence electrons. The lowest BCUT2D eigenvalue weighted by atomic mass is 10.2. The number of ether oxygens (including phenoxy) is 1. The third kappa shape index (κ3) is 3.95. The Morgan fingerprint density at radius 3 is 2.70 bits per heavy atom. The second kappa shape index (κ2) is 6.72. The maximum Gasteiger partial charge on any atom is 0.267 e. The molecule has 4 nitrogen and oxygen atoms in total. The number of aryl methyl sites for hydroxylation is 1. The molecule has 0 saturated heterocycles. The molecule has 2 aromatic rings. The number of thiazole rings is 1. The highest BCUT2D eigenvalue weighted by Crippen LogP contribution is 2.20. The van der Waals surface area contributed by atoms with Crippen molar-refractivity contribution in [3.05, 3.63) is 40.4 Å². The monoisotopic (exact) mass is 310 g/mol. The number of hydrogen-bond donors (Lipinski definition) is 1. The fourth-order valence-corrected chi connectivity index (χ4v) is 2.39. The van der Waals surface area contributed by atoms with E-state index in [1.165, 1.54) is 11.3 Å². The lowest BCUT2D eigenvalue weighted by Gasteiger charge is -2.16. The minimum absolute atomic E-state index is 0.197. The Kier molecular flexibility index (Phi) is 4.98. The van der Waals surface area contributed by atoms with Crippen LogP contribution in [0.2, 0.25) is 5.02 Å². The average Bonchev–Trinajstić information content (AvgIpc) is 2.83. The number of amides is 1. The highest BCUT2D eigenvalue weighted by atomic mass is 35.5. The number of halogens is 1. The second-order valence-corrected chi connectivity index (χ2v) is 5.91. The number of hydrogen-bond acceptors (Lipinski definition) is 4. The van der Waals surface area contributed by atoms with Gasteiger partial charge in [0.1, 0.15) is 5.75 Å². The van der Waals surface area contributed by atoms with Crippen LogP contribution < -0.4 is 10.1 Å². The third-order valence-electron chi connectivity index (χ3n) is 2.61. The Hall–Kier alpha value is -1.59. The lowest BCUT2D eigenvalue weighted by Crippen LogP contribution is -2.32. The summed E-state index contributed by atoms with van der Waals surface area (Å²) in [5.74, 6) is 0.420. The molecule has 0 radical (unpaired) electrons. The van der Waals surface area contributed by atoms with Gasteiger partial charge in [-0.25, -0.2) is 4.98 Å². The Bertz CT molecular complexity index is 583. The van der Waals surface area contributed by atoms with Crippen LogP contribution in [0.25, 0.3) is 0 Å². The summed E-state index contributed by atoms with van der Waals surface area (Å²) in [6, 6.07) is 6.94. The van der Waals surface area contributed by atoms with Crippen molar-refractivity contribution in [3.63, 3.8) is 0 Å². The van der Waals surface area contributed by atoms with E-state index in [9.17, 15) is 4.79 Å². The average molecular weight is 311 g/mol. The SMILES string of the molecule is CCC(Oc1ccc(Cl)cc1)C(=O)Nc1ncc(C)s1. The quantitative estimate of drug-likeness (QED) is 0.911. The number of rotatable bonds is 5. The smallest absolute Gasteiger partial charge is 0.267 e. The first kappa shape index (κ1) is 14.8. The van der Waals surface area contributed by atoms with Gasteiger partial charge in [-0.1, -0.05) is 18.5 Å². The summed E-state index contributed by atoms with van der Waals surface area (Å²) in [5, 5.41) is 3.98. The van der Waals surface area contributed by atoms with Crippen LogP contribution in [0.5, 0.6) is 5.75 Å². The lowest BCUT2D eigenvalue weighted by molar-refractivity contribution is -0.122. The van der Waals surface area contributed by atoms with Crippen LogP contribution in [-0.4, -0.2) is 17.0 Å². The Balaban J connectivity index is 2.00. The molecule has 0 aliphatic rings. The maximum atomic E-state index is 12.1. The number of nitrogens with one attached hydrogen (secondary N) is 1. The molecule has 1 amide bonds. The molecule has 0 fully saturated rings. The maximum absolute atomic E-state index is 12.1. The summed E-state index contributed by atoms with van der Waals surface area (Å²) in [4.78, 5) is 17.3. The number of benzene rings is 1. The Labute approximate surface area is 126 Å². The highest BCUT2D eigenvalue weighted by Gasteiger charge is 2.19. The fourth-order valence-electron chi connectivity index (χ4n) is 1.60. The van der Waals surface area contributed by atoms with Crippen LogP contribution in [0.3, 0.4) is 0 Å². The minimum Gasteiger partial charge on any atom is -0.481 e. The predicted octanol–water partition coefficient (Wildman–Crippen LogP) is 3.90. The van der Waals surface area contributed by atoms with Gasteiger partial charge in [-0.3, -0.25) is 10.1 Å². The molecule has 1 N–H and O–H groups in total. The van der Waals surface area contributed by atoms with Gasteiger partial charge < -0.3 is 4.74 Å². The van der Waals surface area contributed by atoms with Crippen LogP contribution >= 0.6 is 22.9 Å². The van der Waals surface area contributed by atoms with Crippen LogP contribution in [0, 0.1) is 6.92 Å². The summed E-state index contributed by atoms with van der Waals surface area (Å²) in [6.07, 6.45) is 1.74. The number of carbonyl (C=O) groups excluding carboxylic acids is 1. The number of nitrogens with zero attached hydrogens (tertiary/aromatic N) is 1. The molecule has 1 unspecified atom stereocenters. The fraction of sp³-hybridized carbons (Fsp3) is 0.286. The van der Waals surface area contributed by atoms with Crippen molar-refractivity contribution in [2.75, 3.05) is 5.32 Å². The van der Waals surface area contributed by atoms with Crippen molar-refractivity contribution >= 4 is 34.0 Å². The van der Waals surface area contributed by atoms with E-state index in [1.807, 2.05) is 13.8 Å². The van der Waals surface area contributed by atoms with E-state index in [1.54, 1.807) is 30.5 Å². The van der Waals surface area contributed by atoms with Gasteiger partial charge in [-0.15, -0.1) is 11.3 Å². The summed E-state index contributed by atoms with van der Waals surface area (Å²) in [7, 11) is 0. The molecule has 2 rings (SSSR count). The largest absolute Gasteiger partial charge is 0.481 e. The molecule has 0 bridgehead atoms. The van der Waals surface area contributed by atoms with Gasteiger partial charge >= 0.3 is 0 Å². The van der Waals surface area contributed by atoms with Crippen LogP contribution in [0.4, 0.5) is 5.13 Å². The molecule has 1 aromatic carbocycles. The summed E-state index contributed by atoms with van der Waals surface area (Å²) in [6.45, 7) is 3.84. The molecule has 0 spiro atoms. The van der Waals surface area contributed by atoms with E-state index in [0.717, 1.165) is 4.88 Å². The van der Waals surface area contributed by atoms with Gasteiger partial charge in [0.05, 0.1) is 0 Å². The molecule has 0 aliphatic heterocycles. The van der Waals surface area contributed by atoms with Crippen molar-refractivity contribution in [2.45, 2.75) is 26.4 Å². The van der Waals surface area contributed by atoms with Crippen LogP contribution in [-0.2, 0) is 4.79 Å². The first-order valence-electron chi connectivity index (χ1n) is 6.24. The van der Waals surface area contributed by atoms with E-state index < -0.39 is 6.10 Å². The summed E-state index contributed by atoms with van der Waals surface area (Å²) >= 11 is 7.25. The van der Waals surface area contributed by atoms with Crippen molar-refractivity contribution in [3.8, 4) is 5.75 Å². The summed E-state index contributed by atoms with van der Waals surface area (Å²) in [5.41, 5.74) is 0. The van der Waals surface area contributed by atoms with Crippen LogP contribution in [0.1, 0.15) is 18.2 Å². The zero-order chi connectivity index (χ0) is 14.5. The van der Waals surface area contributed by atoms with Crippen molar-refractivity contribution in [1.82, 2.24) is 4.98 Å². The molecular formula is C14H15ClN2O2S. The first-order chi connectivity index (χ1) is 9.58. The minimum atomic E-state index is -0.555. The Morgan fingerprint density at radius 2 is 2.15 bits per heavy atom. The number of carbonyl (C=O) groups is 1. The van der Waals surface area contributed by atoms with E-state index in [-0.39, 0.29) is 5.91 Å². The molecule has 1 heterocycles. The summed E-state index contributed by atoms with van der Waals surface area (Å²) < 4.78 is 5.67. The number of aromatic nitrogens is 1. The van der Waals surface area contributed by atoms with Crippen molar-refractivity contribution in [2.24, 2.45) is 0 Å². The predicted molar refractivity (Wildman–Crippen MR) is 81.6 cm³/mol. The van der Waals surface area contributed by atoms with Crippen molar-refractivity contribution in [1.29, 1.82) is 0 Å². The zero-order valence-corrected chi connectivity index (χ0v) is 12.8. The standard InChI is InChI=1S/C14H15ClN2O2S/c1-3-12(19-11-6-4-10(15)5-7-11)13(18)17-14-16-8-9(2)20-14/h4-8,12H,3H2,1-2H3,(H,16,17,18). The van der Waals surface area contributed by atoms with E-state index >= 15 is 0 Å². The van der Waals surface area contributed by atoms with E-state index in [0.29, 0.717) is 22.3 Å². The number of anilines is 1.